The number of thioether (sulfide) groups is 1. The zero-order valence-electron chi connectivity index (χ0n) is 16.4. The van der Waals surface area contributed by atoms with Crippen molar-refractivity contribution in [2.45, 2.75) is 37.7 Å². The van der Waals surface area contributed by atoms with E-state index in [2.05, 4.69) is 26.0 Å². The number of fused-ring (bicyclic) bond motifs is 1. The Hall–Kier alpha value is -1.89. The van der Waals surface area contributed by atoms with Gasteiger partial charge in [0.1, 0.15) is 0 Å². The van der Waals surface area contributed by atoms with Crippen LogP contribution in [0.3, 0.4) is 0 Å². The van der Waals surface area contributed by atoms with Crippen LogP contribution in [-0.2, 0) is 4.74 Å². The molecule has 3 aromatic rings. The molecular formula is C22H24N2O2S2. The molecule has 1 saturated heterocycles. The van der Waals surface area contributed by atoms with Crippen molar-refractivity contribution in [1.29, 1.82) is 0 Å². The van der Waals surface area contributed by atoms with Gasteiger partial charge in [-0.2, -0.15) is 0 Å². The van der Waals surface area contributed by atoms with Crippen molar-refractivity contribution in [3.63, 3.8) is 0 Å². The summed E-state index contributed by atoms with van der Waals surface area (Å²) in [7, 11) is 0. The van der Waals surface area contributed by atoms with Crippen LogP contribution >= 0.6 is 23.1 Å². The zero-order valence-corrected chi connectivity index (χ0v) is 18.0. The van der Waals surface area contributed by atoms with Gasteiger partial charge in [-0.25, -0.2) is 4.98 Å². The minimum Gasteiger partial charge on any atom is -0.376 e. The Kier molecular flexibility index (Phi) is 5.71. The number of ether oxygens (including phenoxy) is 1. The number of amides is 1. The predicted octanol–water partition coefficient (Wildman–Crippen LogP) is 5.46. The SMILES string of the molecule is CSc1ccccc1C(=O)N(CC1CCCO1)c1nc2c(C)ccc(C)c2s1. The van der Waals surface area contributed by atoms with E-state index < -0.39 is 0 Å². The van der Waals surface area contributed by atoms with Gasteiger partial charge in [-0.05, 0) is 56.2 Å². The van der Waals surface area contributed by atoms with Gasteiger partial charge in [-0.3, -0.25) is 9.69 Å². The maximum Gasteiger partial charge on any atom is 0.261 e. The summed E-state index contributed by atoms with van der Waals surface area (Å²) in [5, 5.41) is 0.754. The number of rotatable bonds is 5. The van der Waals surface area contributed by atoms with Gasteiger partial charge in [0, 0.05) is 11.5 Å². The lowest BCUT2D eigenvalue weighted by Crippen LogP contribution is -2.37. The monoisotopic (exact) mass is 412 g/mol. The molecule has 2 heterocycles. The van der Waals surface area contributed by atoms with E-state index in [0.29, 0.717) is 6.54 Å². The molecule has 1 unspecified atom stereocenters. The van der Waals surface area contributed by atoms with Crippen LogP contribution in [0.2, 0.25) is 0 Å². The highest BCUT2D eigenvalue weighted by molar-refractivity contribution is 7.98. The number of aromatic nitrogens is 1. The van der Waals surface area contributed by atoms with Crippen molar-refractivity contribution in [2.75, 3.05) is 24.3 Å². The quantitative estimate of drug-likeness (QED) is 0.522. The van der Waals surface area contributed by atoms with Crippen molar-refractivity contribution in [1.82, 2.24) is 4.98 Å². The number of aryl methyl sites for hydroxylation is 2. The van der Waals surface area contributed by atoms with Crippen LogP contribution in [0.4, 0.5) is 5.13 Å². The van der Waals surface area contributed by atoms with Gasteiger partial charge in [-0.1, -0.05) is 35.6 Å². The molecule has 0 radical (unpaired) electrons. The number of carbonyl (C=O) groups is 1. The number of hydrogen-bond donors (Lipinski definition) is 0. The first-order valence-corrected chi connectivity index (χ1v) is 11.6. The van der Waals surface area contributed by atoms with Gasteiger partial charge in [0.25, 0.3) is 5.91 Å². The Morgan fingerprint density at radius 2 is 2.04 bits per heavy atom. The predicted molar refractivity (Wildman–Crippen MR) is 118 cm³/mol. The van der Waals surface area contributed by atoms with Crippen molar-refractivity contribution < 1.29 is 9.53 Å². The summed E-state index contributed by atoms with van der Waals surface area (Å²) >= 11 is 3.19. The first-order valence-electron chi connectivity index (χ1n) is 9.51. The van der Waals surface area contributed by atoms with E-state index in [4.69, 9.17) is 9.72 Å². The van der Waals surface area contributed by atoms with Crippen molar-refractivity contribution in [3.8, 4) is 0 Å². The molecule has 1 atom stereocenters. The van der Waals surface area contributed by atoms with Crippen molar-refractivity contribution in [3.05, 3.63) is 53.1 Å². The van der Waals surface area contributed by atoms with Crippen LogP contribution in [-0.4, -0.2) is 36.4 Å². The first-order chi connectivity index (χ1) is 13.6. The highest BCUT2D eigenvalue weighted by Crippen LogP contribution is 2.35. The highest BCUT2D eigenvalue weighted by atomic mass is 32.2. The summed E-state index contributed by atoms with van der Waals surface area (Å²) in [6, 6.07) is 12.0. The van der Waals surface area contributed by atoms with Crippen LogP contribution in [0, 0.1) is 13.8 Å². The Labute approximate surface area is 173 Å². The fraction of sp³-hybridized carbons (Fsp3) is 0.364. The van der Waals surface area contributed by atoms with E-state index in [1.807, 2.05) is 35.4 Å². The standard InChI is InChI=1S/C22H24N2O2S2/c1-14-10-11-15(2)20-19(14)23-22(28-20)24(13-16-7-6-12-26-16)21(25)17-8-4-5-9-18(17)27-3/h4-5,8-11,16H,6-7,12-13H2,1-3H3. The zero-order chi connectivity index (χ0) is 19.7. The van der Waals surface area contributed by atoms with Gasteiger partial charge < -0.3 is 4.74 Å². The summed E-state index contributed by atoms with van der Waals surface area (Å²) < 4.78 is 7.00. The average molecular weight is 413 g/mol. The maximum atomic E-state index is 13.6. The van der Waals surface area contributed by atoms with Gasteiger partial charge in [0.15, 0.2) is 5.13 Å². The summed E-state index contributed by atoms with van der Waals surface area (Å²) in [5.41, 5.74) is 4.04. The molecular weight excluding hydrogens is 388 g/mol. The van der Waals surface area contributed by atoms with Crippen LogP contribution in [0.5, 0.6) is 0 Å². The molecule has 1 amide bonds. The third-order valence-corrected chi connectivity index (χ3v) is 7.16. The normalized spacial score (nSPS) is 16.6. The second-order valence-corrected chi connectivity index (χ2v) is 8.95. The molecule has 1 aliphatic rings. The molecule has 0 aliphatic carbocycles. The van der Waals surface area contributed by atoms with Crippen LogP contribution in [0.15, 0.2) is 41.3 Å². The van der Waals surface area contributed by atoms with Gasteiger partial charge in [0.2, 0.25) is 0 Å². The van der Waals surface area contributed by atoms with Crippen molar-refractivity contribution >= 4 is 44.4 Å². The Morgan fingerprint density at radius 3 is 2.75 bits per heavy atom. The van der Waals surface area contributed by atoms with E-state index >= 15 is 0 Å². The number of hydrogen-bond acceptors (Lipinski definition) is 5. The molecule has 0 spiro atoms. The molecule has 146 valence electrons. The lowest BCUT2D eigenvalue weighted by atomic mass is 10.1. The smallest absolute Gasteiger partial charge is 0.261 e. The van der Waals surface area contributed by atoms with Gasteiger partial charge >= 0.3 is 0 Å². The molecule has 6 heteroatoms. The van der Waals surface area contributed by atoms with Gasteiger partial charge in [-0.15, -0.1) is 11.8 Å². The molecule has 4 rings (SSSR count). The summed E-state index contributed by atoms with van der Waals surface area (Å²) in [4.78, 5) is 21.3. The van der Waals surface area contributed by atoms with E-state index in [9.17, 15) is 4.79 Å². The Morgan fingerprint density at radius 1 is 1.25 bits per heavy atom. The Bertz CT molecular complexity index is 970. The minimum absolute atomic E-state index is 0.00480. The average Bonchev–Trinajstić information content (AvgIpc) is 3.39. The van der Waals surface area contributed by atoms with Crippen molar-refractivity contribution in [2.24, 2.45) is 0 Å². The molecule has 0 saturated carbocycles. The number of anilines is 1. The highest BCUT2D eigenvalue weighted by Gasteiger charge is 2.28. The second-order valence-electron chi connectivity index (χ2n) is 7.12. The fourth-order valence-corrected chi connectivity index (χ4v) is 5.28. The summed E-state index contributed by atoms with van der Waals surface area (Å²) in [5.74, 6) is -0.00480. The van der Waals surface area contributed by atoms with Crippen LogP contribution in [0.1, 0.15) is 34.3 Å². The maximum absolute atomic E-state index is 13.6. The van der Waals surface area contributed by atoms with Crippen LogP contribution in [0.25, 0.3) is 10.2 Å². The lowest BCUT2D eigenvalue weighted by molar-refractivity contribution is 0.0915. The fourth-order valence-electron chi connectivity index (χ4n) is 3.57. The largest absolute Gasteiger partial charge is 0.376 e. The topological polar surface area (TPSA) is 42.4 Å². The molecule has 0 bridgehead atoms. The number of benzene rings is 2. The number of nitrogens with zero attached hydrogens (tertiary/aromatic N) is 2. The molecule has 2 aromatic carbocycles. The van der Waals surface area contributed by atoms with E-state index in [1.165, 1.54) is 5.56 Å². The second kappa shape index (κ2) is 8.23. The van der Waals surface area contributed by atoms with Crippen LogP contribution < -0.4 is 4.90 Å². The van der Waals surface area contributed by atoms with E-state index in [-0.39, 0.29) is 12.0 Å². The first kappa shape index (κ1) is 19.4. The third-order valence-electron chi connectivity index (χ3n) is 5.15. The molecule has 4 nitrogen and oxygen atoms in total. The molecule has 28 heavy (non-hydrogen) atoms. The minimum atomic E-state index is -0.00480. The molecule has 1 aromatic heterocycles. The summed E-state index contributed by atoms with van der Waals surface area (Å²) in [6.07, 6.45) is 4.10. The van der Waals surface area contributed by atoms with Gasteiger partial charge in [0.05, 0.1) is 28.4 Å². The number of carbonyl (C=O) groups excluding carboxylic acids is 1. The Balaban J connectivity index is 1.78. The molecule has 1 fully saturated rings. The third kappa shape index (κ3) is 3.69. The lowest BCUT2D eigenvalue weighted by Gasteiger charge is -2.24. The molecule has 1 aliphatic heterocycles. The summed E-state index contributed by atoms with van der Waals surface area (Å²) in [6.45, 7) is 5.48. The van der Waals surface area contributed by atoms with E-state index in [0.717, 1.165) is 50.8 Å². The molecule has 0 N–H and O–H groups in total. The number of thiazole rings is 1. The van der Waals surface area contributed by atoms with E-state index in [1.54, 1.807) is 23.1 Å².